The average Bonchev–Trinajstić information content (AvgIpc) is 2.94. The first-order valence-corrected chi connectivity index (χ1v) is 6.94. The molecule has 0 aliphatic heterocycles. The third-order valence-electron chi connectivity index (χ3n) is 3.67. The molecule has 0 aliphatic rings. The van der Waals surface area contributed by atoms with Gasteiger partial charge in [0.25, 0.3) is 0 Å². The van der Waals surface area contributed by atoms with Crippen molar-refractivity contribution in [3.05, 3.63) is 42.1 Å². The lowest BCUT2D eigenvalue weighted by molar-refractivity contribution is -0.149. The van der Waals surface area contributed by atoms with Crippen molar-refractivity contribution in [1.82, 2.24) is 10.1 Å². The standard InChI is InChI=1S/C16H20N2O3/c1-4-18(16(2,3)15(19)20)11-13-10-14(21-17-13)12-8-6-5-7-9-12/h5-10H,4,11H2,1-3H3,(H,19,20). The van der Waals surface area contributed by atoms with Crippen LogP contribution in [0.1, 0.15) is 26.5 Å². The van der Waals surface area contributed by atoms with Gasteiger partial charge in [-0.3, -0.25) is 9.69 Å². The van der Waals surface area contributed by atoms with E-state index in [1.54, 1.807) is 13.8 Å². The summed E-state index contributed by atoms with van der Waals surface area (Å²) in [4.78, 5) is 13.2. The fourth-order valence-electron chi connectivity index (χ4n) is 2.16. The predicted octanol–water partition coefficient (Wildman–Crippen LogP) is 3.03. The van der Waals surface area contributed by atoms with Crippen LogP contribution in [0, 0.1) is 0 Å². The molecule has 0 aliphatic carbocycles. The zero-order chi connectivity index (χ0) is 15.5. The lowest BCUT2D eigenvalue weighted by atomic mass is 10.0. The second kappa shape index (κ2) is 6.10. The molecule has 1 heterocycles. The molecule has 0 fully saturated rings. The van der Waals surface area contributed by atoms with Crippen molar-refractivity contribution in [3.63, 3.8) is 0 Å². The quantitative estimate of drug-likeness (QED) is 0.885. The van der Waals surface area contributed by atoms with Crippen molar-refractivity contribution in [2.24, 2.45) is 0 Å². The van der Waals surface area contributed by atoms with Crippen LogP contribution >= 0.6 is 0 Å². The highest BCUT2D eigenvalue weighted by atomic mass is 16.5. The van der Waals surface area contributed by atoms with Crippen LogP contribution in [-0.2, 0) is 11.3 Å². The summed E-state index contributed by atoms with van der Waals surface area (Å²) in [5.74, 6) is -0.161. The fraction of sp³-hybridized carbons (Fsp3) is 0.375. The van der Waals surface area contributed by atoms with Crippen LogP contribution in [0.4, 0.5) is 0 Å². The van der Waals surface area contributed by atoms with E-state index in [0.717, 1.165) is 11.3 Å². The van der Waals surface area contributed by atoms with Gasteiger partial charge in [0.15, 0.2) is 5.76 Å². The molecule has 0 bridgehead atoms. The van der Waals surface area contributed by atoms with E-state index in [1.807, 2.05) is 48.2 Å². The van der Waals surface area contributed by atoms with E-state index >= 15 is 0 Å². The normalized spacial score (nSPS) is 11.8. The number of benzene rings is 1. The first kappa shape index (κ1) is 15.3. The maximum absolute atomic E-state index is 11.4. The third-order valence-corrected chi connectivity index (χ3v) is 3.67. The number of carbonyl (C=O) groups is 1. The Morgan fingerprint density at radius 2 is 2.00 bits per heavy atom. The number of hydrogen-bond acceptors (Lipinski definition) is 4. The maximum atomic E-state index is 11.4. The second-order valence-corrected chi connectivity index (χ2v) is 5.43. The van der Waals surface area contributed by atoms with Crippen molar-refractivity contribution in [1.29, 1.82) is 0 Å². The smallest absolute Gasteiger partial charge is 0.323 e. The van der Waals surface area contributed by atoms with Gasteiger partial charge in [-0.25, -0.2) is 0 Å². The lowest BCUT2D eigenvalue weighted by Gasteiger charge is -2.33. The van der Waals surface area contributed by atoms with Gasteiger partial charge in [-0.1, -0.05) is 42.4 Å². The number of aromatic nitrogens is 1. The van der Waals surface area contributed by atoms with Crippen LogP contribution in [-0.4, -0.2) is 33.2 Å². The molecule has 1 aromatic carbocycles. The average molecular weight is 288 g/mol. The summed E-state index contributed by atoms with van der Waals surface area (Å²) >= 11 is 0. The van der Waals surface area contributed by atoms with E-state index < -0.39 is 11.5 Å². The molecule has 0 saturated heterocycles. The van der Waals surface area contributed by atoms with Gasteiger partial charge in [0.2, 0.25) is 0 Å². The fourth-order valence-corrected chi connectivity index (χ4v) is 2.16. The minimum atomic E-state index is -0.944. The molecule has 0 unspecified atom stereocenters. The number of nitrogens with zero attached hydrogens (tertiary/aromatic N) is 2. The SMILES string of the molecule is CCN(Cc1cc(-c2ccccc2)on1)C(C)(C)C(=O)O. The number of hydrogen-bond donors (Lipinski definition) is 1. The summed E-state index contributed by atoms with van der Waals surface area (Å²) in [7, 11) is 0. The molecule has 0 radical (unpaired) electrons. The largest absolute Gasteiger partial charge is 0.480 e. The maximum Gasteiger partial charge on any atom is 0.323 e. The molecule has 1 N–H and O–H groups in total. The van der Waals surface area contributed by atoms with Crippen molar-refractivity contribution in [2.75, 3.05) is 6.54 Å². The summed E-state index contributed by atoms with van der Waals surface area (Å²) in [6.45, 7) is 6.37. The number of rotatable bonds is 6. The minimum Gasteiger partial charge on any atom is -0.480 e. The summed E-state index contributed by atoms with van der Waals surface area (Å²) in [5, 5.41) is 13.4. The van der Waals surface area contributed by atoms with E-state index in [1.165, 1.54) is 0 Å². The van der Waals surface area contributed by atoms with E-state index in [9.17, 15) is 9.90 Å². The molecule has 0 amide bonds. The Hall–Kier alpha value is -2.14. The summed E-state index contributed by atoms with van der Waals surface area (Å²) < 4.78 is 5.35. The molecule has 2 aromatic rings. The molecule has 1 aromatic heterocycles. The Bertz CT molecular complexity index is 605. The molecule has 2 rings (SSSR count). The van der Waals surface area contributed by atoms with Crippen LogP contribution in [0.3, 0.4) is 0 Å². The van der Waals surface area contributed by atoms with Crippen LogP contribution in [0.5, 0.6) is 0 Å². The van der Waals surface area contributed by atoms with Crippen molar-refractivity contribution in [3.8, 4) is 11.3 Å². The molecular formula is C16H20N2O3. The Morgan fingerprint density at radius 1 is 1.33 bits per heavy atom. The Morgan fingerprint density at radius 3 is 2.57 bits per heavy atom. The summed E-state index contributed by atoms with van der Waals surface area (Å²) in [6, 6.07) is 11.6. The molecule has 21 heavy (non-hydrogen) atoms. The van der Waals surface area contributed by atoms with Gasteiger partial charge in [0.05, 0.1) is 5.69 Å². The molecular weight excluding hydrogens is 268 g/mol. The Kier molecular flexibility index (Phi) is 4.43. The van der Waals surface area contributed by atoms with Gasteiger partial charge in [0.1, 0.15) is 5.54 Å². The summed E-state index contributed by atoms with van der Waals surface area (Å²) in [5.41, 5.74) is 0.738. The van der Waals surface area contributed by atoms with Gasteiger partial charge < -0.3 is 9.63 Å². The number of carboxylic acids is 1. The molecule has 0 saturated carbocycles. The lowest BCUT2D eigenvalue weighted by Crippen LogP contribution is -2.49. The molecule has 5 nitrogen and oxygen atoms in total. The van der Waals surface area contributed by atoms with Gasteiger partial charge in [-0.05, 0) is 20.4 Å². The van der Waals surface area contributed by atoms with Crippen LogP contribution in [0.15, 0.2) is 40.9 Å². The Balaban J connectivity index is 2.17. The number of aliphatic carboxylic acids is 1. The third kappa shape index (κ3) is 3.31. The minimum absolute atomic E-state index is 0.437. The van der Waals surface area contributed by atoms with Crippen LogP contribution in [0.2, 0.25) is 0 Å². The topological polar surface area (TPSA) is 66.6 Å². The first-order chi connectivity index (χ1) is 9.95. The van der Waals surface area contributed by atoms with E-state index in [4.69, 9.17) is 4.52 Å². The van der Waals surface area contributed by atoms with Crippen molar-refractivity contribution in [2.45, 2.75) is 32.9 Å². The van der Waals surface area contributed by atoms with Crippen molar-refractivity contribution >= 4 is 5.97 Å². The van der Waals surface area contributed by atoms with Gasteiger partial charge >= 0.3 is 5.97 Å². The highest BCUT2D eigenvalue weighted by Gasteiger charge is 2.34. The van der Waals surface area contributed by atoms with Crippen LogP contribution < -0.4 is 0 Å². The van der Waals surface area contributed by atoms with Gasteiger partial charge in [0, 0.05) is 18.2 Å². The second-order valence-electron chi connectivity index (χ2n) is 5.43. The zero-order valence-corrected chi connectivity index (χ0v) is 12.5. The molecule has 5 heteroatoms. The predicted molar refractivity (Wildman–Crippen MR) is 79.7 cm³/mol. The Labute approximate surface area is 124 Å². The molecule has 0 atom stereocenters. The van der Waals surface area contributed by atoms with Crippen LogP contribution in [0.25, 0.3) is 11.3 Å². The number of carboxylic acid groups (broad SMARTS) is 1. The van der Waals surface area contributed by atoms with Crippen molar-refractivity contribution < 1.29 is 14.4 Å². The van der Waals surface area contributed by atoms with E-state index in [2.05, 4.69) is 5.16 Å². The highest BCUT2D eigenvalue weighted by molar-refractivity contribution is 5.77. The zero-order valence-electron chi connectivity index (χ0n) is 12.5. The monoisotopic (exact) mass is 288 g/mol. The summed E-state index contributed by atoms with van der Waals surface area (Å²) in [6.07, 6.45) is 0. The molecule has 112 valence electrons. The van der Waals surface area contributed by atoms with E-state index in [0.29, 0.717) is 18.8 Å². The highest BCUT2D eigenvalue weighted by Crippen LogP contribution is 2.22. The van der Waals surface area contributed by atoms with Gasteiger partial charge in [-0.2, -0.15) is 0 Å². The van der Waals surface area contributed by atoms with Gasteiger partial charge in [-0.15, -0.1) is 0 Å². The molecule has 0 spiro atoms. The first-order valence-electron chi connectivity index (χ1n) is 6.94. The number of likely N-dealkylation sites (N-methyl/N-ethyl adjacent to an activating group) is 1. The van der Waals surface area contributed by atoms with E-state index in [-0.39, 0.29) is 0 Å².